The molecular formula is C12H8Cl2N2O3. The van der Waals surface area contributed by atoms with E-state index in [1.165, 1.54) is 24.4 Å². The van der Waals surface area contributed by atoms with E-state index in [-0.39, 0.29) is 22.3 Å². The molecule has 0 N–H and O–H groups in total. The standard InChI is InChI=1S/C12H8Cl2N2O3/c13-5-8-3-10(7-15-6-8)19-12-2-1-9(14)4-11(12)16(17)18/h1-4,6-7H,5H2. The molecule has 0 aliphatic carbocycles. The average molecular weight is 299 g/mol. The lowest BCUT2D eigenvalue weighted by molar-refractivity contribution is -0.385. The number of alkyl halides is 1. The number of nitro benzene ring substituents is 1. The first kappa shape index (κ1) is 13.6. The van der Waals surface area contributed by atoms with Crippen molar-refractivity contribution in [2.24, 2.45) is 0 Å². The molecule has 0 spiro atoms. The van der Waals surface area contributed by atoms with Crippen molar-refractivity contribution in [3.8, 4) is 11.5 Å². The fraction of sp³-hybridized carbons (Fsp3) is 0.0833. The zero-order valence-electron chi connectivity index (χ0n) is 9.55. The highest BCUT2D eigenvalue weighted by atomic mass is 35.5. The molecule has 7 heteroatoms. The van der Waals surface area contributed by atoms with Gasteiger partial charge in [0.15, 0.2) is 0 Å². The van der Waals surface area contributed by atoms with E-state index < -0.39 is 4.92 Å². The van der Waals surface area contributed by atoms with Crippen molar-refractivity contribution in [2.45, 2.75) is 5.88 Å². The number of nitro groups is 1. The van der Waals surface area contributed by atoms with Crippen molar-refractivity contribution in [1.29, 1.82) is 0 Å². The first-order valence-electron chi connectivity index (χ1n) is 5.22. The molecule has 0 unspecified atom stereocenters. The maximum atomic E-state index is 10.9. The first-order valence-corrected chi connectivity index (χ1v) is 6.13. The lowest BCUT2D eigenvalue weighted by Crippen LogP contribution is -1.94. The summed E-state index contributed by atoms with van der Waals surface area (Å²) in [6.07, 6.45) is 3.05. The number of pyridine rings is 1. The number of nitrogens with zero attached hydrogens (tertiary/aromatic N) is 2. The van der Waals surface area contributed by atoms with Crippen molar-refractivity contribution in [1.82, 2.24) is 4.98 Å². The topological polar surface area (TPSA) is 65.3 Å². The molecule has 0 saturated carbocycles. The molecule has 2 rings (SSSR count). The van der Waals surface area contributed by atoms with E-state index in [9.17, 15) is 10.1 Å². The van der Waals surface area contributed by atoms with Crippen LogP contribution in [0.1, 0.15) is 5.56 Å². The predicted molar refractivity (Wildman–Crippen MR) is 72.0 cm³/mol. The van der Waals surface area contributed by atoms with E-state index >= 15 is 0 Å². The van der Waals surface area contributed by atoms with Crippen LogP contribution in [0.3, 0.4) is 0 Å². The summed E-state index contributed by atoms with van der Waals surface area (Å²) in [5.74, 6) is 0.763. The molecule has 98 valence electrons. The maximum absolute atomic E-state index is 10.9. The summed E-state index contributed by atoms with van der Waals surface area (Å²) >= 11 is 11.4. The number of benzene rings is 1. The number of aromatic nitrogens is 1. The molecule has 0 aliphatic rings. The van der Waals surface area contributed by atoms with Crippen LogP contribution in [0, 0.1) is 10.1 Å². The van der Waals surface area contributed by atoms with E-state index in [2.05, 4.69) is 4.98 Å². The third-order valence-electron chi connectivity index (χ3n) is 2.27. The van der Waals surface area contributed by atoms with E-state index in [1.807, 2.05) is 0 Å². The van der Waals surface area contributed by atoms with Gasteiger partial charge in [-0.2, -0.15) is 0 Å². The summed E-state index contributed by atoms with van der Waals surface area (Å²) in [5.41, 5.74) is 0.555. The monoisotopic (exact) mass is 298 g/mol. The fourth-order valence-electron chi connectivity index (χ4n) is 1.44. The van der Waals surface area contributed by atoms with Crippen LogP contribution < -0.4 is 4.74 Å². The highest BCUT2D eigenvalue weighted by Crippen LogP contribution is 2.33. The SMILES string of the molecule is O=[N+]([O-])c1cc(Cl)ccc1Oc1cncc(CCl)c1. The predicted octanol–water partition coefficient (Wildman–Crippen LogP) is 4.17. The smallest absolute Gasteiger partial charge is 0.313 e. The molecule has 0 aliphatic heterocycles. The molecule has 19 heavy (non-hydrogen) atoms. The number of hydrogen-bond donors (Lipinski definition) is 0. The van der Waals surface area contributed by atoms with Gasteiger partial charge in [-0.15, -0.1) is 11.6 Å². The first-order chi connectivity index (χ1) is 9.10. The number of hydrogen-bond acceptors (Lipinski definition) is 4. The molecule has 0 radical (unpaired) electrons. The molecule has 5 nitrogen and oxygen atoms in total. The van der Waals surface area contributed by atoms with Gasteiger partial charge in [-0.25, -0.2) is 0 Å². The van der Waals surface area contributed by atoms with Crippen molar-refractivity contribution in [2.75, 3.05) is 0 Å². The van der Waals surface area contributed by atoms with Crippen LogP contribution in [0.4, 0.5) is 5.69 Å². The van der Waals surface area contributed by atoms with Crippen LogP contribution in [-0.2, 0) is 5.88 Å². The van der Waals surface area contributed by atoms with Crippen molar-refractivity contribution in [3.05, 3.63) is 57.4 Å². The van der Waals surface area contributed by atoms with Crippen molar-refractivity contribution in [3.63, 3.8) is 0 Å². The Balaban J connectivity index is 2.34. The summed E-state index contributed by atoms with van der Waals surface area (Å²) in [6.45, 7) is 0. The van der Waals surface area contributed by atoms with Gasteiger partial charge < -0.3 is 4.74 Å². The van der Waals surface area contributed by atoms with Gasteiger partial charge in [-0.05, 0) is 23.8 Å². The van der Waals surface area contributed by atoms with Crippen LogP contribution in [0.2, 0.25) is 5.02 Å². The molecule has 1 aromatic carbocycles. The number of halogens is 2. The van der Waals surface area contributed by atoms with Crippen molar-refractivity contribution >= 4 is 28.9 Å². The van der Waals surface area contributed by atoms with Gasteiger partial charge in [0.1, 0.15) is 5.75 Å². The number of ether oxygens (including phenoxy) is 1. The molecule has 0 amide bonds. The molecule has 2 aromatic rings. The van der Waals surface area contributed by atoms with E-state index in [0.29, 0.717) is 5.75 Å². The molecular weight excluding hydrogens is 291 g/mol. The summed E-state index contributed by atoms with van der Waals surface area (Å²) in [6, 6.07) is 5.85. The lowest BCUT2D eigenvalue weighted by Gasteiger charge is -2.07. The van der Waals surface area contributed by atoms with Crippen LogP contribution in [0.25, 0.3) is 0 Å². The van der Waals surface area contributed by atoms with Gasteiger partial charge in [0.05, 0.1) is 11.1 Å². The largest absolute Gasteiger partial charge is 0.448 e. The molecule has 1 aromatic heterocycles. The Bertz CT molecular complexity index is 620. The molecule has 0 fully saturated rings. The summed E-state index contributed by atoms with van der Waals surface area (Å²) < 4.78 is 5.45. The lowest BCUT2D eigenvalue weighted by atomic mass is 10.3. The quantitative estimate of drug-likeness (QED) is 0.482. The molecule has 0 atom stereocenters. The van der Waals surface area contributed by atoms with E-state index in [0.717, 1.165) is 5.56 Å². The van der Waals surface area contributed by atoms with Crippen LogP contribution in [0.15, 0.2) is 36.7 Å². The van der Waals surface area contributed by atoms with Crippen molar-refractivity contribution < 1.29 is 9.66 Å². The van der Waals surface area contributed by atoms with Gasteiger partial charge in [0, 0.05) is 23.2 Å². The summed E-state index contributed by atoms with van der Waals surface area (Å²) in [5, 5.41) is 11.2. The number of rotatable bonds is 4. The Labute approximate surface area is 118 Å². The zero-order chi connectivity index (χ0) is 13.8. The zero-order valence-corrected chi connectivity index (χ0v) is 11.1. The Morgan fingerprint density at radius 1 is 1.32 bits per heavy atom. The van der Waals surface area contributed by atoms with Gasteiger partial charge in [-0.3, -0.25) is 15.1 Å². The molecule has 0 bridgehead atoms. The fourth-order valence-corrected chi connectivity index (χ4v) is 1.75. The Kier molecular flexibility index (Phi) is 4.19. The third kappa shape index (κ3) is 3.33. The van der Waals surface area contributed by atoms with Crippen LogP contribution in [-0.4, -0.2) is 9.91 Å². The van der Waals surface area contributed by atoms with Gasteiger partial charge in [0.2, 0.25) is 5.75 Å². The second-order valence-corrected chi connectivity index (χ2v) is 4.34. The van der Waals surface area contributed by atoms with Gasteiger partial charge in [0.25, 0.3) is 0 Å². The summed E-state index contributed by atoms with van der Waals surface area (Å²) in [4.78, 5) is 14.3. The van der Waals surface area contributed by atoms with E-state index in [1.54, 1.807) is 12.3 Å². The summed E-state index contributed by atoms with van der Waals surface area (Å²) in [7, 11) is 0. The Morgan fingerprint density at radius 3 is 2.79 bits per heavy atom. The molecule has 0 saturated heterocycles. The van der Waals surface area contributed by atoms with Gasteiger partial charge >= 0.3 is 5.69 Å². The highest BCUT2D eigenvalue weighted by Gasteiger charge is 2.16. The second-order valence-electron chi connectivity index (χ2n) is 3.63. The van der Waals surface area contributed by atoms with E-state index in [4.69, 9.17) is 27.9 Å². The average Bonchev–Trinajstić information content (AvgIpc) is 2.41. The normalized spacial score (nSPS) is 10.2. The van der Waals surface area contributed by atoms with Crippen LogP contribution >= 0.6 is 23.2 Å². The van der Waals surface area contributed by atoms with Crippen LogP contribution in [0.5, 0.6) is 11.5 Å². The minimum atomic E-state index is -0.556. The minimum Gasteiger partial charge on any atom is -0.448 e. The van der Waals surface area contributed by atoms with Gasteiger partial charge in [-0.1, -0.05) is 11.6 Å². The molecule has 1 heterocycles. The second kappa shape index (κ2) is 5.86. The Morgan fingerprint density at radius 2 is 2.11 bits per heavy atom. The minimum absolute atomic E-state index is 0.0999. The maximum Gasteiger partial charge on any atom is 0.313 e. The third-order valence-corrected chi connectivity index (χ3v) is 2.81. The Hall–Kier alpha value is -1.85. The highest BCUT2D eigenvalue weighted by molar-refractivity contribution is 6.30.